The van der Waals surface area contributed by atoms with Crippen LogP contribution in [0.4, 0.5) is 0 Å². The second kappa shape index (κ2) is 7.00. The Hall–Kier alpha value is -0.190. The summed E-state index contributed by atoms with van der Waals surface area (Å²) in [6.07, 6.45) is 5.52. The number of carbonyl (C=O) groups excluding carboxylic acids is 1. The highest BCUT2D eigenvalue weighted by molar-refractivity contribution is 9.10. The van der Waals surface area contributed by atoms with Crippen LogP contribution in [0, 0.1) is 0 Å². The van der Waals surface area contributed by atoms with Crippen molar-refractivity contribution >= 4 is 45.2 Å². The van der Waals surface area contributed by atoms with Gasteiger partial charge in [0.05, 0.1) is 5.56 Å². The van der Waals surface area contributed by atoms with E-state index >= 15 is 0 Å². The standard InChI is InChI=1S/C14H17BrClNOS/c1-19-11-3-2-7-17(8-6-11)14(18)12-5-4-10(16)9-13(12)15/h4-5,9,11H,2-3,6-8H2,1H3. The van der Waals surface area contributed by atoms with Crippen LogP contribution in [0.15, 0.2) is 22.7 Å². The van der Waals surface area contributed by atoms with Gasteiger partial charge in [-0.05, 0) is 59.6 Å². The molecule has 1 saturated heterocycles. The highest BCUT2D eigenvalue weighted by Crippen LogP contribution is 2.26. The quantitative estimate of drug-likeness (QED) is 0.774. The van der Waals surface area contributed by atoms with Crippen LogP contribution in [0.5, 0.6) is 0 Å². The van der Waals surface area contributed by atoms with Crippen LogP contribution in [0.1, 0.15) is 29.6 Å². The molecule has 1 amide bonds. The average molecular weight is 363 g/mol. The maximum Gasteiger partial charge on any atom is 0.254 e. The first-order chi connectivity index (χ1) is 9.11. The Balaban J connectivity index is 2.10. The Bertz CT molecular complexity index is 469. The Kier molecular flexibility index (Phi) is 5.60. The van der Waals surface area contributed by atoms with Gasteiger partial charge in [-0.3, -0.25) is 4.79 Å². The monoisotopic (exact) mass is 361 g/mol. The number of thioether (sulfide) groups is 1. The summed E-state index contributed by atoms with van der Waals surface area (Å²) in [5, 5.41) is 1.33. The third-order valence-corrected chi connectivity index (χ3v) is 5.49. The van der Waals surface area contributed by atoms with Crippen LogP contribution in [0.25, 0.3) is 0 Å². The fourth-order valence-electron chi connectivity index (χ4n) is 2.34. The molecule has 1 fully saturated rings. The Morgan fingerprint density at radius 3 is 2.89 bits per heavy atom. The predicted octanol–water partition coefficient (Wildman–Crippen LogP) is 4.46. The molecule has 104 valence electrons. The van der Waals surface area contributed by atoms with Gasteiger partial charge in [-0.2, -0.15) is 11.8 Å². The molecule has 0 saturated carbocycles. The molecular formula is C14H17BrClNOS. The van der Waals surface area contributed by atoms with Gasteiger partial charge in [0, 0.05) is 27.8 Å². The van der Waals surface area contributed by atoms with Gasteiger partial charge in [0.2, 0.25) is 0 Å². The molecular weight excluding hydrogens is 346 g/mol. The molecule has 0 N–H and O–H groups in total. The molecule has 1 aliphatic rings. The third kappa shape index (κ3) is 3.89. The number of halogens is 2. The second-order valence-electron chi connectivity index (χ2n) is 4.70. The van der Waals surface area contributed by atoms with Crippen molar-refractivity contribution < 1.29 is 4.79 Å². The molecule has 1 atom stereocenters. The molecule has 5 heteroatoms. The van der Waals surface area contributed by atoms with Crippen molar-refractivity contribution in [2.45, 2.75) is 24.5 Å². The molecule has 1 aliphatic heterocycles. The normalized spacial score (nSPS) is 20.2. The van der Waals surface area contributed by atoms with Gasteiger partial charge >= 0.3 is 0 Å². The Morgan fingerprint density at radius 2 is 2.21 bits per heavy atom. The smallest absolute Gasteiger partial charge is 0.254 e. The van der Waals surface area contributed by atoms with E-state index in [1.54, 1.807) is 18.2 Å². The van der Waals surface area contributed by atoms with Crippen molar-refractivity contribution in [3.05, 3.63) is 33.3 Å². The largest absolute Gasteiger partial charge is 0.339 e. The topological polar surface area (TPSA) is 20.3 Å². The molecule has 0 aromatic heterocycles. The maximum atomic E-state index is 12.5. The molecule has 1 aromatic rings. The van der Waals surface area contributed by atoms with Crippen molar-refractivity contribution in [3.63, 3.8) is 0 Å². The zero-order valence-corrected chi connectivity index (χ0v) is 14.0. The first-order valence-electron chi connectivity index (χ1n) is 6.39. The number of rotatable bonds is 2. The summed E-state index contributed by atoms with van der Waals surface area (Å²) in [7, 11) is 0. The van der Waals surface area contributed by atoms with Crippen LogP contribution in [-0.4, -0.2) is 35.4 Å². The SMILES string of the molecule is CSC1CCCN(C(=O)c2ccc(Cl)cc2Br)CC1. The van der Waals surface area contributed by atoms with E-state index in [4.69, 9.17) is 11.6 Å². The minimum atomic E-state index is 0.102. The van der Waals surface area contributed by atoms with Crippen LogP contribution in [-0.2, 0) is 0 Å². The van der Waals surface area contributed by atoms with Crippen molar-refractivity contribution in [3.8, 4) is 0 Å². The summed E-state index contributed by atoms with van der Waals surface area (Å²) in [6.45, 7) is 1.70. The number of amides is 1. The van der Waals surface area contributed by atoms with E-state index in [0.29, 0.717) is 15.8 Å². The predicted molar refractivity (Wildman–Crippen MR) is 86.2 cm³/mol. The third-order valence-electron chi connectivity index (χ3n) is 3.46. The second-order valence-corrected chi connectivity index (χ2v) is 7.13. The first kappa shape index (κ1) is 15.2. The maximum absolute atomic E-state index is 12.5. The van der Waals surface area contributed by atoms with E-state index in [1.807, 2.05) is 16.7 Å². The molecule has 19 heavy (non-hydrogen) atoms. The molecule has 1 aromatic carbocycles. The van der Waals surface area contributed by atoms with Crippen LogP contribution in [0.3, 0.4) is 0 Å². The summed E-state index contributed by atoms with van der Waals surface area (Å²) in [5.41, 5.74) is 0.701. The van der Waals surface area contributed by atoms with Crippen molar-refractivity contribution in [1.29, 1.82) is 0 Å². The number of nitrogens with zero attached hydrogens (tertiary/aromatic N) is 1. The molecule has 1 heterocycles. The van der Waals surface area contributed by atoms with E-state index in [0.717, 1.165) is 30.4 Å². The van der Waals surface area contributed by atoms with Crippen molar-refractivity contribution in [2.75, 3.05) is 19.3 Å². The lowest BCUT2D eigenvalue weighted by atomic mass is 10.2. The fraction of sp³-hybridized carbons (Fsp3) is 0.500. The number of likely N-dealkylation sites (tertiary alicyclic amines) is 1. The van der Waals surface area contributed by atoms with Gasteiger partial charge in [-0.15, -0.1) is 0 Å². The van der Waals surface area contributed by atoms with Gasteiger partial charge in [-0.25, -0.2) is 0 Å². The van der Waals surface area contributed by atoms with E-state index in [2.05, 4.69) is 22.2 Å². The lowest BCUT2D eigenvalue weighted by molar-refractivity contribution is 0.0761. The van der Waals surface area contributed by atoms with Crippen LogP contribution >= 0.6 is 39.3 Å². The Morgan fingerprint density at radius 1 is 1.42 bits per heavy atom. The van der Waals surface area contributed by atoms with Gasteiger partial charge in [-0.1, -0.05) is 11.6 Å². The van der Waals surface area contributed by atoms with Crippen LogP contribution < -0.4 is 0 Å². The lowest BCUT2D eigenvalue weighted by Crippen LogP contribution is -2.32. The van der Waals surface area contributed by atoms with E-state index in [-0.39, 0.29) is 5.91 Å². The van der Waals surface area contributed by atoms with Gasteiger partial charge in [0.25, 0.3) is 5.91 Å². The van der Waals surface area contributed by atoms with Crippen molar-refractivity contribution in [1.82, 2.24) is 4.90 Å². The summed E-state index contributed by atoms with van der Waals surface area (Å²) in [5.74, 6) is 0.102. The highest BCUT2D eigenvalue weighted by Gasteiger charge is 2.22. The first-order valence-corrected chi connectivity index (χ1v) is 8.85. The lowest BCUT2D eigenvalue weighted by Gasteiger charge is -2.21. The van der Waals surface area contributed by atoms with Gasteiger partial charge < -0.3 is 4.90 Å². The number of hydrogen-bond acceptors (Lipinski definition) is 2. The zero-order valence-electron chi connectivity index (χ0n) is 10.9. The van der Waals surface area contributed by atoms with Crippen LogP contribution in [0.2, 0.25) is 5.02 Å². The minimum Gasteiger partial charge on any atom is -0.339 e. The van der Waals surface area contributed by atoms with E-state index < -0.39 is 0 Å². The number of hydrogen-bond donors (Lipinski definition) is 0. The molecule has 0 bridgehead atoms. The van der Waals surface area contributed by atoms with E-state index in [1.165, 1.54) is 6.42 Å². The summed E-state index contributed by atoms with van der Waals surface area (Å²) < 4.78 is 0.774. The minimum absolute atomic E-state index is 0.102. The van der Waals surface area contributed by atoms with E-state index in [9.17, 15) is 4.79 Å². The van der Waals surface area contributed by atoms with Gasteiger partial charge in [0.15, 0.2) is 0 Å². The number of carbonyl (C=O) groups is 1. The molecule has 0 aliphatic carbocycles. The molecule has 2 rings (SSSR count). The molecule has 0 radical (unpaired) electrons. The van der Waals surface area contributed by atoms with Gasteiger partial charge in [0.1, 0.15) is 0 Å². The Labute approximate surface area is 132 Å². The van der Waals surface area contributed by atoms with Crippen molar-refractivity contribution in [2.24, 2.45) is 0 Å². The fourth-order valence-corrected chi connectivity index (χ4v) is 3.93. The number of benzene rings is 1. The average Bonchev–Trinajstić information content (AvgIpc) is 2.63. The molecule has 2 nitrogen and oxygen atoms in total. The summed E-state index contributed by atoms with van der Waals surface area (Å²) in [4.78, 5) is 14.5. The zero-order chi connectivity index (χ0) is 13.8. The summed E-state index contributed by atoms with van der Waals surface area (Å²) >= 11 is 11.2. The molecule has 1 unspecified atom stereocenters. The molecule has 0 spiro atoms. The summed E-state index contributed by atoms with van der Waals surface area (Å²) in [6, 6.07) is 5.34. The highest BCUT2D eigenvalue weighted by atomic mass is 79.9.